The fraction of sp³-hybridized carbons (Fsp3) is 0.600. The Morgan fingerprint density at radius 1 is 1.53 bits per heavy atom. The van der Waals surface area contributed by atoms with Gasteiger partial charge in [0.25, 0.3) is 0 Å². The van der Waals surface area contributed by atoms with E-state index in [0.29, 0.717) is 6.04 Å². The summed E-state index contributed by atoms with van der Waals surface area (Å²) in [6.45, 7) is 7.27. The minimum absolute atomic E-state index is 0.102. The van der Waals surface area contributed by atoms with Crippen molar-refractivity contribution < 1.29 is 4.39 Å². The Bertz CT molecular complexity index is 419. The molecule has 0 saturated carbocycles. The fourth-order valence-corrected chi connectivity index (χ4v) is 3.17. The van der Waals surface area contributed by atoms with Crippen LogP contribution in [0.5, 0.6) is 0 Å². The van der Waals surface area contributed by atoms with Crippen molar-refractivity contribution in [2.45, 2.75) is 38.8 Å². The molecule has 0 aromatic heterocycles. The summed E-state index contributed by atoms with van der Waals surface area (Å²) in [5, 5.41) is 3.51. The quantitative estimate of drug-likeness (QED) is 0.886. The molecule has 1 aliphatic rings. The van der Waals surface area contributed by atoms with Crippen molar-refractivity contribution in [3.8, 4) is 0 Å². The Morgan fingerprint density at radius 3 is 2.95 bits per heavy atom. The summed E-state index contributed by atoms with van der Waals surface area (Å²) >= 11 is 3.43. The van der Waals surface area contributed by atoms with Crippen LogP contribution >= 0.6 is 15.9 Å². The van der Waals surface area contributed by atoms with Gasteiger partial charge in [-0.25, -0.2) is 4.39 Å². The molecule has 2 nitrogen and oxygen atoms in total. The molecule has 2 rings (SSSR count). The first-order valence-corrected chi connectivity index (χ1v) is 7.83. The van der Waals surface area contributed by atoms with Crippen molar-refractivity contribution >= 4 is 15.9 Å². The SMILES string of the molecule is CCN(CC1CCCN1)C(C)c1cc(Br)ccc1F. The van der Waals surface area contributed by atoms with Gasteiger partial charge in [0.1, 0.15) is 5.82 Å². The minimum atomic E-state index is -0.117. The molecule has 1 heterocycles. The first-order valence-electron chi connectivity index (χ1n) is 7.04. The van der Waals surface area contributed by atoms with E-state index in [1.54, 1.807) is 6.07 Å². The Kier molecular flexibility index (Phi) is 5.37. The van der Waals surface area contributed by atoms with E-state index in [1.165, 1.54) is 18.9 Å². The van der Waals surface area contributed by atoms with Crippen molar-refractivity contribution in [3.05, 3.63) is 34.1 Å². The average Bonchev–Trinajstić information content (AvgIpc) is 2.91. The molecular formula is C15H22BrFN2. The van der Waals surface area contributed by atoms with Crippen LogP contribution in [-0.4, -0.2) is 30.6 Å². The number of halogens is 2. The summed E-state index contributed by atoms with van der Waals surface area (Å²) in [5.74, 6) is -0.117. The van der Waals surface area contributed by atoms with E-state index in [0.717, 1.165) is 29.7 Å². The predicted molar refractivity (Wildman–Crippen MR) is 80.8 cm³/mol. The first kappa shape index (κ1) is 14.9. The molecule has 0 spiro atoms. The number of benzene rings is 1. The molecule has 2 atom stereocenters. The van der Waals surface area contributed by atoms with Crippen LogP contribution in [0.2, 0.25) is 0 Å². The molecule has 0 amide bonds. The molecule has 19 heavy (non-hydrogen) atoms. The topological polar surface area (TPSA) is 15.3 Å². The van der Waals surface area contributed by atoms with Crippen molar-refractivity contribution in [2.24, 2.45) is 0 Å². The maximum atomic E-state index is 14.0. The number of hydrogen-bond donors (Lipinski definition) is 1. The van der Waals surface area contributed by atoms with E-state index in [4.69, 9.17) is 0 Å². The number of rotatable bonds is 5. The van der Waals surface area contributed by atoms with Crippen LogP contribution in [-0.2, 0) is 0 Å². The normalized spacial score (nSPS) is 21.0. The number of nitrogens with one attached hydrogen (secondary N) is 1. The van der Waals surface area contributed by atoms with Crippen LogP contribution in [0.4, 0.5) is 4.39 Å². The van der Waals surface area contributed by atoms with Crippen LogP contribution in [0.25, 0.3) is 0 Å². The van der Waals surface area contributed by atoms with Gasteiger partial charge in [0.2, 0.25) is 0 Å². The smallest absolute Gasteiger partial charge is 0.128 e. The zero-order valence-corrected chi connectivity index (χ0v) is 13.2. The number of likely N-dealkylation sites (N-methyl/N-ethyl adjacent to an activating group) is 1. The highest BCUT2D eigenvalue weighted by Crippen LogP contribution is 2.26. The highest BCUT2D eigenvalue weighted by molar-refractivity contribution is 9.10. The van der Waals surface area contributed by atoms with Gasteiger partial charge in [-0.15, -0.1) is 0 Å². The summed E-state index contributed by atoms with van der Waals surface area (Å²) in [4.78, 5) is 2.34. The number of nitrogens with zero attached hydrogens (tertiary/aromatic N) is 1. The van der Waals surface area contributed by atoms with Crippen molar-refractivity contribution in [2.75, 3.05) is 19.6 Å². The average molecular weight is 329 g/mol. The standard InChI is InChI=1S/C15H22BrFN2/c1-3-19(10-13-5-4-8-18-13)11(2)14-9-12(16)6-7-15(14)17/h6-7,9,11,13,18H,3-5,8,10H2,1-2H3. The maximum absolute atomic E-state index is 14.0. The second-order valence-electron chi connectivity index (χ2n) is 5.22. The highest BCUT2D eigenvalue weighted by atomic mass is 79.9. The maximum Gasteiger partial charge on any atom is 0.128 e. The van der Waals surface area contributed by atoms with E-state index < -0.39 is 0 Å². The highest BCUT2D eigenvalue weighted by Gasteiger charge is 2.22. The molecule has 1 aromatic carbocycles. The lowest BCUT2D eigenvalue weighted by molar-refractivity contribution is 0.199. The van der Waals surface area contributed by atoms with Gasteiger partial charge in [-0.2, -0.15) is 0 Å². The van der Waals surface area contributed by atoms with Crippen LogP contribution in [0.15, 0.2) is 22.7 Å². The van der Waals surface area contributed by atoms with Crippen LogP contribution in [0.1, 0.15) is 38.3 Å². The Labute approximate surface area is 123 Å². The lowest BCUT2D eigenvalue weighted by Crippen LogP contribution is -2.39. The molecule has 1 fully saturated rings. The second-order valence-corrected chi connectivity index (χ2v) is 6.14. The van der Waals surface area contributed by atoms with Gasteiger partial charge >= 0.3 is 0 Å². The van der Waals surface area contributed by atoms with Gasteiger partial charge in [-0.05, 0) is 51.1 Å². The monoisotopic (exact) mass is 328 g/mol. The lowest BCUT2D eigenvalue weighted by Gasteiger charge is -2.31. The number of hydrogen-bond acceptors (Lipinski definition) is 2. The molecule has 4 heteroatoms. The largest absolute Gasteiger partial charge is 0.313 e. The van der Waals surface area contributed by atoms with E-state index in [2.05, 4.69) is 40.0 Å². The summed E-state index contributed by atoms with van der Waals surface area (Å²) in [5.41, 5.74) is 0.772. The minimum Gasteiger partial charge on any atom is -0.313 e. The third-order valence-electron chi connectivity index (χ3n) is 3.98. The molecule has 106 valence electrons. The molecular weight excluding hydrogens is 307 g/mol. The summed E-state index contributed by atoms with van der Waals surface area (Å²) < 4.78 is 14.9. The van der Waals surface area contributed by atoms with Gasteiger partial charge in [0, 0.05) is 28.7 Å². The molecule has 1 saturated heterocycles. The zero-order valence-electron chi connectivity index (χ0n) is 11.6. The second kappa shape index (κ2) is 6.82. The van der Waals surface area contributed by atoms with E-state index in [-0.39, 0.29) is 11.9 Å². The molecule has 1 aliphatic heterocycles. The summed E-state index contributed by atoms with van der Waals surface area (Å²) in [6, 6.07) is 5.84. The third kappa shape index (κ3) is 3.77. The molecule has 0 radical (unpaired) electrons. The lowest BCUT2D eigenvalue weighted by atomic mass is 10.1. The van der Waals surface area contributed by atoms with Gasteiger partial charge in [0.15, 0.2) is 0 Å². The van der Waals surface area contributed by atoms with Gasteiger partial charge in [-0.3, -0.25) is 4.90 Å². The third-order valence-corrected chi connectivity index (χ3v) is 4.47. The molecule has 1 aromatic rings. The van der Waals surface area contributed by atoms with Crippen molar-refractivity contribution in [3.63, 3.8) is 0 Å². The predicted octanol–water partition coefficient (Wildman–Crippen LogP) is 3.72. The fourth-order valence-electron chi connectivity index (χ4n) is 2.79. The van der Waals surface area contributed by atoms with Crippen molar-refractivity contribution in [1.29, 1.82) is 0 Å². The molecule has 2 unspecified atom stereocenters. The van der Waals surface area contributed by atoms with E-state index in [1.807, 2.05) is 6.07 Å². The van der Waals surface area contributed by atoms with Gasteiger partial charge < -0.3 is 5.32 Å². The Hall–Kier alpha value is -0.450. The zero-order chi connectivity index (χ0) is 13.8. The van der Waals surface area contributed by atoms with Gasteiger partial charge in [0.05, 0.1) is 0 Å². The molecule has 0 aliphatic carbocycles. The summed E-state index contributed by atoms with van der Waals surface area (Å²) in [6.07, 6.45) is 2.48. The summed E-state index contributed by atoms with van der Waals surface area (Å²) in [7, 11) is 0. The van der Waals surface area contributed by atoms with Gasteiger partial charge in [-0.1, -0.05) is 22.9 Å². The van der Waals surface area contributed by atoms with E-state index >= 15 is 0 Å². The Morgan fingerprint density at radius 2 is 2.32 bits per heavy atom. The van der Waals surface area contributed by atoms with E-state index in [9.17, 15) is 4.39 Å². The van der Waals surface area contributed by atoms with Crippen LogP contribution < -0.4 is 5.32 Å². The molecule has 0 bridgehead atoms. The first-order chi connectivity index (χ1) is 9.11. The van der Waals surface area contributed by atoms with Crippen molar-refractivity contribution in [1.82, 2.24) is 10.2 Å². The van der Waals surface area contributed by atoms with Crippen LogP contribution in [0, 0.1) is 5.82 Å². The Balaban J connectivity index is 2.10. The molecule has 1 N–H and O–H groups in total. The van der Waals surface area contributed by atoms with Crippen LogP contribution in [0.3, 0.4) is 0 Å².